The minimum absolute atomic E-state index is 0.0822. The lowest BCUT2D eigenvalue weighted by Crippen LogP contribution is -2.21. The summed E-state index contributed by atoms with van der Waals surface area (Å²) in [6, 6.07) is 8.43. The number of fused-ring (bicyclic) bond motifs is 1. The van der Waals surface area contributed by atoms with E-state index in [0.717, 1.165) is 5.56 Å². The molecule has 0 amide bonds. The fourth-order valence-electron chi connectivity index (χ4n) is 2.99. The van der Waals surface area contributed by atoms with Crippen molar-refractivity contribution in [1.29, 1.82) is 0 Å². The molecule has 24 heavy (non-hydrogen) atoms. The molecule has 0 bridgehead atoms. The molecule has 0 aromatic heterocycles. The van der Waals surface area contributed by atoms with Crippen molar-refractivity contribution >= 4 is 5.97 Å². The Kier molecular flexibility index (Phi) is 4.20. The van der Waals surface area contributed by atoms with Crippen LogP contribution in [0.3, 0.4) is 0 Å². The summed E-state index contributed by atoms with van der Waals surface area (Å²) in [7, 11) is 4.59. The average Bonchev–Trinajstić information content (AvgIpc) is 2.59. The standard InChI is InChI=1S/C18H18O6/c1-21-14-7-10(8-15(22-2)18(14)23-3)11-9-16(20)24-13-6-4-5-12(19)17(11)13/h4-8,11,19H,9H2,1-3H3/t11-/m0/s1. The Morgan fingerprint density at radius 2 is 1.75 bits per heavy atom. The van der Waals surface area contributed by atoms with E-state index in [1.807, 2.05) is 0 Å². The van der Waals surface area contributed by atoms with Gasteiger partial charge in [-0.3, -0.25) is 4.79 Å². The monoisotopic (exact) mass is 330 g/mol. The highest BCUT2D eigenvalue weighted by atomic mass is 16.5. The number of hydrogen-bond donors (Lipinski definition) is 1. The number of aromatic hydroxyl groups is 1. The molecule has 6 heteroatoms. The van der Waals surface area contributed by atoms with Gasteiger partial charge in [-0.05, 0) is 29.8 Å². The van der Waals surface area contributed by atoms with Crippen molar-refractivity contribution in [3.05, 3.63) is 41.5 Å². The van der Waals surface area contributed by atoms with E-state index in [1.165, 1.54) is 21.3 Å². The summed E-state index contributed by atoms with van der Waals surface area (Å²) in [6.07, 6.45) is 0.114. The van der Waals surface area contributed by atoms with Crippen molar-refractivity contribution in [3.63, 3.8) is 0 Å². The topological polar surface area (TPSA) is 74.2 Å². The second-order valence-electron chi connectivity index (χ2n) is 5.38. The molecule has 0 unspecified atom stereocenters. The van der Waals surface area contributed by atoms with E-state index >= 15 is 0 Å². The molecule has 1 aliphatic heterocycles. The normalized spacial score (nSPS) is 16.1. The van der Waals surface area contributed by atoms with E-state index in [9.17, 15) is 9.90 Å². The molecule has 0 radical (unpaired) electrons. The van der Waals surface area contributed by atoms with Gasteiger partial charge in [-0.25, -0.2) is 0 Å². The molecule has 0 saturated heterocycles. The van der Waals surface area contributed by atoms with Gasteiger partial charge in [-0.1, -0.05) is 6.07 Å². The van der Waals surface area contributed by atoms with Crippen LogP contribution in [0.25, 0.3) is 0 Å². The van der Waals surface area contributed by atoms with Gasteiger partial charge < -0.3 is 24.1 Å². The predicted molar refractivity (Wildman–Crippen MR) is 86.3 cm³/mol. The zero-order chi connectivity index (χ0) is 17.3. The van der Waals surface area contributed by atoms with E-state index in [2.05, 4.69) is 0 Å². The van der Waals surface area contributed by atoms with Crippen molar-refractivity contribution in [2.75, 3.05) is 21.3 Å². The highest BCUT2D eigenvalue weighted by Crippen LogP contribution is 2.47. The number of hydrogen-bond acceptors (Lipinski definition) is 6. The lowest BCUT2D eigenvalue weighted by atomic mass is 9.85. The zero-order valence-corrected chi connectivity index (χ0v) is 13.7. The van der Waals surface area contributed by atoms with Gasteiger partial charge in [0.2, 0.25) is 5.75 Å². The Labute approximate surface area is 139 Å². The molecule has 0 spiro atoms. The first-order valence-corrected chi connectivity index (χ1v) is 7.41. The first-order chi connectivity index (χ1) is 11.6. The maximum Gasteiger partial charge on any atom is 0.312 e. The molecule has 2 aromatic rings. The smallest absolute Gasteiger partial charge is 0.312 e. The third-order valence-electron chi connectivity index (χ3n) is 4.08. The van der Waals surface area contributed by atoms with Crippen LogP contribution in [0.5, 0.6) is 28.7 Å². The highest BCUT2D eigenvalue weighted by molar-refractivity contribution is 5.79. The van der Waals surface area contributed by atoms with Crippen LogP contribution in [-0.2, 0) is 4.79 Å². The third-order valence-corrected chi connectivity index (χ3v) is 4.08. The molecular formula is C18H18O6. The fourth-order valence-corrected chi connectivity index (χ4v) is 2.99. The Hall–Kier alpha value is -2.89. The molecule has 3 rings (SSSR count). The van der Waals surface area contributed by atoms with E-state index < -0.39 is 0 Å². The fraction of sp³-hybridized carbons (Fsp3) is 0.278. The SMILES string of the molecule is COc1cc([C@@H]2CC(=O)Oc3cccc(O)c32)cc(OC)c1OC. The van der Waals surface area contributed by atoms with Gasteiger partial charge in [-0.2, -0.15) is 0 Å². The van der Waals surface area contributed by atoms with Crippen LogP contribution in [-0.4, -0.2) is 32.4 Å². The molecule has 1 aliphatic rings. The van der Waals surface area contributed by atoms with Crippen molar-refractivity contribution in [3.8, 4) is 28.7 Å². The summed E-state index contributed by atoms with van der Waals surface area (Å²) < 4.78 is 21.3. The number of carbonyl (C=O) groups excluding carboxylic acids is 1. The number of carbonyl (C=O) groups is 1. The second kappa shape index (κ2) is 6.31. The molecule has 6 nitrogen and oxygen atoms in total. The van der Waals surface area contributed by atoms with Crippen LogP contribution in [0, 0.1) is 0 Å². The van der Waals surface area contributed by atoms with Crippen molar-refractivity contribution < 1.29 is 28.8 Å². The van der Waals surface area contributed by atoms with Gasteiger partial charge in [0, 0.05) is 11.5 Å². The van der Waals surface area contributed by atoms with Crippen LogP contribution in [0.4, 0.5) is 0 Å². The maximum absolute atomic E-state index is 12.0. The first kappa shape index (κ1) is 16.0. The second-order valence-corrected chi connectivity index (χ2v) is 5.38. The summed E-state index contributed by atoms with van der Waals surface area (Å²) in [5, 5.41) is 10.2. The van der Waals surface area contributed by atoms with Crippen LogP contribution in [0.2, 0.25) is 0 Å². The van der Waals surface area contributed by atoms with E-state index in [4.69, 9.17) is 18.9 Å². The van der Waals surface area contributed by atoms with Crippen LogP contribution >= 0.6 is 0 Å². The summed E-state index contributed by atoms with van der Waals surface area (Å²) >= 11 is 0. The molecule has 0 fully saturated rings. The third kappa shape index (κ3) is 2.60. The number of phenolic OH excluding ortho intramolecular Hbond substituents is 1. The summed E-state index contributed by atoms with van der Waals surface area (Å²) in [5.74, 6) is 1.18. The van der Waals surface area contributed by atoms with Crippen molar-refractivity contribution in [1.82, 2.24) is 0 Å². The summed E-state index contributed by atoms with van der Waals surface area (Å²) in [4.78, 5) is 12.0. The molecular weight excluding hydrogens is 312 g/mol. The largest absolute Gasteiger partial charge is 0.508 e. The molecule has 2 aromatic carbocycles. The van der Waals surface area contributed by atoms with Gasteiger partial charge in [0.25, 0.3) is 0 Å². The van der Waals surface area contributed by atoms with Gasteiger partial charge in [0.15, 0.2) is 11.5 Å². The lowest BCUT2D eigenvalue weighted by Gasteiger charge is -2.26. The Bertz CT molecular complexity index is 758. The molecule has 0 aliphatic carbocycles. The van der Waals surface area contributed by atoms with Gasteiger partial charge >= 0.3 is 5.97 Å². The number of methoxy groups -OCH3 is 3. The molecule has 0 saturated carbocycles. The molecule has 1 heterocycles. The zero-order valence-electron chi connectivity index (χ0n) is 13.7. The lowest BCUT2D eigenvalue weighted by molar-refractivity contribution is -0.135. The van der Waals surface area contributed by atoms with Crippen molar-refractivity contribution in [2.45, 2.75) is 12.3 Å². The van der Waals surface area contributed by atoms with Gasteiger partial charge in [0.05, 0.1) is 27.8 Å². The maximum atomic E-state index is 12.0. The van der Waals surface area contributed by atoms with Crippen LogP contribution < -0.4 is 18.9 Å². The first-order valence-electron chi connectivity index (χ1n) is 7.41. The minimum atomic E-state index is -0.365. The summed E-state index contributed by atoms with van der Waals surface area (Å²) in [5.41, 5.74) is 1.34. The molecule has 126 valence electrons. The molecule has 1 atom stereocenters. The quantitative estimate of drug-likeness (QED) is 0.686. The highest BCUT2D eigenvalue weighted by Gasteiger charge is 2.32. The Morgan fingerprint density at radius 1 is 1.08 bits per heavy atom. The van der Waals surface area contributed by atoms with Crippen molar-refractivity contribution in [2.24, 2.45) is 0 Å². The van der Waals surface area contributed by atoms with Crippen LogP contribution in [0.15, 0.2) is 30.3 Å². The number of ether oxygens (including phenoxy) is 4. The van der Waals surface area contributed by atoms with E-state index in [0.29, 0.717) is 28.6 Å². The van der Waals surface area contributed by atoms with Crippen LogP contribution in [0.1, 0.15) is 23.5 Å². The minimum Gasteiger partial charge on any atom is -0.508 e. The average molecular weight is 330 g/mol. The molecule has 1 N–H and O–H groups in total. The van der Waals surface area contributed by atoms with Gasteiger partial charge in [0.1, 0.15) is 11.5 Å². The number of benzene rings is 2. The number of esters is 1. The predicted octanol–water partition coefficient (Wildman–Crippen LogP) is 2.86. The summed E-state index contributed by atoms with van der Waals surface area (Å²) in [6.45, 7) is 0. The number of phenols is 1. The Balaban J connectivity index is 2.18. The van der Waals surface area contributed by atoms with Gasteiger partial charge in [-0.15, -0.1) is 0 Å². The van der Waals surface area contributed by atoms with E-state index in [1.54, 1.807) is 30.3 Å². The number of rotatable bonds is 4. The van der Waals surface area contributed by atoms with E-state index in [-0.39, 0.29) is 24.1 Å². The Morgan fingerprint density at radius 3 is 2.33 bits per heavy atom.